The molecule has 3 amide bonds. The van der Waals surface area contributed by atoms with Gasteiger partial charge in [-0.15, -0.1) is 11.3 Å². The number of aryl methyl sites for hydroxylation is 2. The van der Waals surface area contributed by atoms with E-state index in [1.165, 1.54) is 16.2 Å². The molecule has 4 atom stereocenters. The van der Waals surface area contributed by atoms with Gasteiger partial charge in [0.25, 0.3) is 0 Å². The second-order valence-electron chi connectivity index (χ2n) is 25.0. The van der Waals surface area contributed by atoms with Crippen LogP contribution in [0.1, 0.15) is 51.3 Å². The Morgan fingerprint density at radius 1 is 0.500 bits per heavy atom. The number of aliphatic hydroxyl groups excluding tert-OH is 1. The Kier molecular flexibility index (Phi) is 59.3. The van der Waals surface area contributed by atoms with Crippen molar-refractivity contribution in [1.29, 1.82) is 0 Å². The van der Waals surface area contributed by atoms with Crippen LogP contribution in [0.5, 0.6) is 0 Å². The van der Waals surface area contributed by atoms with Gasteiger partial charge in [-0.25, -0.2) is 9.78 Å². The number of methoxy groups -OCH3 is 1. The van der Waals surface area contributed by atoms with Gasteiger partial charge in [0, 0.05) is 26.6 Å². The number of aromatic nitrogens is 1. The van der Waals surface area contributed by atoms with E-state index in [1.54, 1.807) is 33.4 Å². The van der Waals surface area contributed by atoms with E-state index >= 15 is 0 Å². The van der Waals surface area contributed by atoms with Crippen LogP contribution in [0.3, 0.4) is 0 Å². The smallest absolute Gasteiger partial charge is 0.329 e. The molecule has 6 N–H and O–H groups in total. The Labute approximate surface area is 630 Å². The number of likely N-dealkylation sites (tertiary alicyclic amines) is 1. The zero-order valence-corrected chi connectivity index (χ0v) is 64.5. The summed E-state index contributed by atoms with van der Waals surface area (Å²) in [5, 5.41) is 26.7. The number of rotatable bonds is 76. The Morgan fingerprint density at radius 2 is 0.802 bits per heavy atom. The van der Waals surface area contributed by atoms with E-state index < -0.39 is 59.3 Å². The number of benzene rings is 1. The molecule has 1 fully saturated rings. The molecule has 0 bridgehead atoms. The SMILES string of the molecule is COCCOCCOCCOCCOCCOCCOCCOCCOCCOCCOCCOCCOCCOCCOCCOCCOCCOCCOCCOCCOCCOCCNC(=O)C[C@@](CCc1ccc(-c2scnc2C)cc1)(NC(=O)[C@@H]1C[C@@H](O)CN1C(=O)[C@@H](N)C(C)(C)C)C(=O)O. The Bertz CT molecular complexity index is 2430. The lowest BCUT2D eigenvalue weighted by molar-refractivity contribution is -0.152. The molecule has 0 spiro atoms. The first-order chi connectivity index (χ1) is 51.7. The number of β-amino-alcohol motifs (C(OH)–C–C–N with tert-alkyl or cyclic N) is 1. The first-order valence-corrected chi connectivity index (χ1v) is 37.7. The van der Waals surface area contributed by atoms with E-state index in [4.69, 9.17) is 110 Å². The third-order valence-electron chi connectivity index (χ3n) is 15.5. The normalized spacial score (nSPS) is 14.8. The van der Waals surface area contributed by atoms with Gasteiger partial charge >= 0.3 is 5.97 Å². The zero-order valence-electron chi connectivity index (χ0n) is 63.7. The largest absolute Gasteiger partial charge is 0.479 e. The van der Waals surface area contributed by atoms with Crippen molar-refractivity contribution in [2.45, 2.75) is 77.1 Å². The Hall–Kier alpha value is -4.23. The molecule has 0 radical (unpaired) electrons. The van der Waals surface area contributed by atoms with Crippen molar-refractivity contribution >= 4 is 35.0 Å². The van der Waals surface area contributed by atoms with Crippen molar-refractivity contribution in [1.82, 2.24) is 20.5 Å². The summed E-state index contributed by atoms with van der Waals surface area (Å²) in [5.74, 6) is -3.41. The number of amides is 3. The molecule has 3 rings (SSSR count). The fraction of sp³-hybridized carbons (Fsp3) is 0.819. The molecule has 2 heterocycles. The molecule has 106 heavy (non-hydrogen) atoms. The van der Waals surface area contributed by atoms with Gasteiger partial charge in [0.15, 0.2) is 0 Å². The molecule has 33 nitrogen and oxygen atoms in total. The fourth-order valence-corrected chi connectivity index (χ4v) is 10.4. The predicted octanol–water partition coefficient (Wildman–Crippen LogP) is 1.83. The minimum absolute atomic E-state index is 0.0636. The monoisotopic (exact) mass is 1540 g/mol. The number of carbonyl (C=O) groups is 4. The predicted molar refractivity (Wildman–Crippen MR) is 389 cm³/mol. The third-order valence-corrected chi connectivity index (χ3v) is 16.5. The number of carboxylic acid groups (broad SMARTS) is 1. The van der Waals surface area contributed by atoms with E-state index in [0.29, 0.717) is 264 Å². The molecule has 1 aliphatic heterocycles. The number of nitrogens with one attached hydrogen (secondary N) is 2. The first kappa shape index (κ1) is 96.0. The molecule has 0 unspecified atom stereocenters. The second-order valence-corrected chi connectivity index (χ2v) is 25.8. The number of hydrogen-bond donors (Lipinski definition) is 5. The molecular weight excluding hydrogens is 1410 g/mol. The fourth-order valence-electron chi connectivity index (χ4n) is 9.61. The van der Waals surface area contributed by atoms with Gasteiger partial charge in [-0.05, 0) is 36.3 Å². The van der Waals surface area contributed by atoms with Gasteiger partial charge in [-0.3, -0.25) is 14.4 Å². The quantitative estimate of drug-likeness (QED) is 0.0590. The summed E-state index contributed by atoms with van der Waals surface area (Å²) < 4.78 is 121. The van der Waals surface area contributed by atoms with Gasteiger partial charge < -0.3 is 136 Å². The average molecular weight is 1540 g/mol. The van der Waals surface area contributed by atoms with Crippen LogP contribution in [0, 0.1) is 12.3 Å². The van der Waals surface area contributed by atoms with Gasteiger partial charge in [0.05, 0.1) is 319 Å². The summed E-state index contributed by atoms with van der Waals surface area (Å²) in [6.07, 6.45) is -1.73. The lowest BCUT2D eigenvalue weighted by Gasteiger charge is -2.35. The maximum absolute atomic E-state index is 14.0. The van der Waals surface area contributed by atoms with Crippen molar-refractivity contribution in [2.75, 3.05) is 304 Å². The number of ether oxygens (including phenoxy) is 22. The highest BCUT2D eigenvalue weighted by Crippen LogP contribution is 2.30. The first-order valence-electron chi connectivity index (χ1n) is 36.9. The van der Waals surface area contributed by atoms with E-state index in [2.05, 4.69) is 15.6 Å². The molecule has 614 valence electrons. The lowest BCUT2D eigenvalue weighted by atomic mass is 9.86. The summed E-state index contributed by atoms with van der Waals surface area (Å²) in [7, 11) is 1.64. The summed E-state index contributed by atoms with van der Waals surface area (Å²) in [6.45, 7) is 26.5. The van der Waals surface area contributed by atoms with Crippen LogP contribution >= 0.6 is 11.3 Å². The Morgan fingerprint density at radius 3 is 1.08 bits per heavy atom. The molecule has 1 aromatic carbocycles. The van der Waals surface area contributed by atoms with E-state index in [-0.39, 0.29) is 52.2 Å². The molecule has 1 aromatic heterocycles. The summed E-state index contributed by atoms with van der Waals surface area (Å²) in [4.78, 5) is 60.8. The molecular formula is C72H127N5O28S. The van der Waals surface area contributed by atoms with Gasteiger partial charge in [-0.1, -0.05) is 45.0 Å². The number of aliphatic carboxylic acids is 1. The van der Waals surface area contributed by atoms with Crippen molar-refractivity contribution in [3.8, 4) is 10.4 Å². The number of carbonyl (C=O) groups excluding carboxylic acids is 3. The standard InChI is InChI=1S/C72H127N5O28S/c1-60-66(106-59-75-60)62-8-6-61(7-9-62)10-11-72(70(82)83,76-68(80)64-56-63(78)58-77(64)69(81)67(73)71(2,3)4)57-65(79)74-12-13-85-16-17-87-20-21-89-24-25-91-28-29-93-32-33-95-36-37-97-40-41-99-44-45-101-48-49-103-52-53-105-55-54-104-51-50-102-47-46-100-43-42-98-39-38-96-35-34-94-31-30-92-27-26-90-23-22-88-19-18-86-15-14-84-5/h6-9,59,63-64,67,78H,10-58,73H2,1-5H3,(H,74,79)(H,76,80)(H,82,83)/t63-,64+,67-,72-/m1/s1. The second kappa shape index (κ2) is 65.5. The highest BCUT2D eigenvalue weighted by Gasteiger charge is 2.48. The summed E-state index contributed by atoms with van der Waals surface area (Å²) >= 11 is 1.51. The van der Waals surface area contributed by atoms with Crippen LogP contribution in [-0.4, -0.2) is 372 Å². The number of thiazole rings is 1. The van der Waals surface area contributed by atoms with Gasteiger partial charge in [0.2, 0.25) is 17.7 Å². The van der Waals surface area contributed by atoms with Crippen molar-refractivity contribution < 1.29 is 134 Å². The molecule has 1 saturated heterocycles. The summed E-state index contributed by atoms with van der Waals surface area (Å²) in [6, 6.07) is 5.39. The molecule has 2 aromatic rings. The van der Waals surface area contributed by atoms with Crippen LogP contribution in [0.2, 0.25) is 0 Å². The highest BCUT2D eigenvalue weighted by atomic mass is 32.1. The van der Waals surface area contributed by atoms with Crippen molar-refractivity contribution in [3.63, 3.8) is 0 Å². The average Bonchev–Trinajstić information content (AvgIpc) is 1.65. The molecule has 34 heteroatoms. The summed E-state index contributed by atoms with van der Waals surface area (Å²) in [5.41, 5.74) is 7.95. The van der Waals surface area contributed by atoms with E-state index in [9.17, 15) is 29.4 Å². The van der Waals surface area contributed by atoms with E-state index in [1.807, 2.05) is 31.2 Å². The minimum atomic E-state index is -2.08. The van der Waals surface area contributed by atoms with Crippen molar-refractivity contribution in [2.24, 2.45) is 11.1 Å². The molecule has 1 aliphatic rings. The number of carboxylic acids is 1. The van der Waals surface area contributed by atoms with Crippen LogP contribution in [0.4, 0.5) is 0 Å². The van der Waals surface area contributed by atoms with Crippen molar-refractivity contribution in [3.05, 3.63) is 41.0 Å². The maximum atomic E-state index is 14.0. The maximum Gasteiger partial charge on any atom is 0.329 e. The molecule has 0 saturated carbocycles. The number of aliphatic hydroxyl groups is 1. The molecule has 0 aliphatic carbocycles. The van der Waals surface area contributed by atoms with E-state index in [0.717, 1.165) is 21.7 Å². The number of hydrogen-bond acceptors (Lipinski definition) is 30. The minimum Gasteiger partial charge on any atom is -0.479 e. The van der Waals surface area contributed by atoms with Crippen LogP contribution in [-0.2, 0) is 130 Å². The number of nitrogens with two attached hydrogens (primary N) is 1. The van der Waals surface area contributed by atoms with Gasteiger partial charge in [0.1, 0.15) is 11.6 Å². The van der Waals surface area contributed by atoms with Crippen LogP contribution < -0.4 is 16.4 Å². The number of nitrogens with zero attached hydrogens (tertiary/aromatic N) is 2. The van der Waals surface area contributed by atoms with Gasteiger partial charge in [-0.2, -0.15) is 0 Å². The zero-order chi connectivity index (χ0) is 76.5. The topological polar surface area (TPSA) is 378 Å². The third kappa shape index (κ3) is 49.8. The Balaban J connectivity index is 0.999. The lowest BCUT2D eigenvalue weighted by Crippen LogP contribution is -2.62. The van der Waals surface area contributed by atoms with Crippen LogP contribution in [0.25, 0.3) is 10.4 Å². The highest BCUT2D eigenvalue weighted by molar-refractivity contribution is 7.13. The van der Waals surface area contributed by atoms with Crippen LogP contribution in [0.15, 0.2) is 29.8 Å².